The lowest BCUT2D eigenvalue weighted by atomic mass is 9.75. The molecule has 0 aromatic heterocycles. The molecule has 2 aliphatic rings. The maximum absolute atomic E-state index is 12.8. The van der Waals surface area contributed by atoms with Crippen LogP contribution in [0, 0.1) is 0 Å². The van der Waals surface area contributed by atoms with Crippen LogP contribution < -0.4 is 14.8 Å². The van der Waals surface area contributed by atoms with Gasteiger partial charge in [0.2, 0.25) is 0 Å². The van der Waals surface area contributed by atoms with Crippen LogP contribution in [0.4, 0.5) is 0 Å². The molecule has 1 N–H and O–H groups in total. The highest BCUT2D eigenvalue weighted by molar-refractivity contribution is 6.04. The highest BCUT2D eigenvalue weighted by atomic mass is 16.5. The lowest BCUT2D eigenvalue weighted by Crippen LogP contribution is -2.34. The van der Waals surface area contributed by atoms with Crippen LogP contribution in [0.1, 0.15) is 37.7 Å². The fourth-order valence-electron chi connectivity index (χ4n) is 3.73. The van der Waals surface area contributed by atoms with Crippen molar-refractivity contribution >= 4 is 11.8 Å². The number of ether oxygens (including phenoxy) is 3. The maximum Gasteiger partial charge on any atom is 0.336 e. The summed E-state index contributed by atoms with van der Waals surface area (Å²) in [5.41, 5.74) is 3.40. The van der Waals surface area contributed by atoms with Crippen LogP contribution in [0.25, 0.3) is 0 Å². The zero-order chi connectivity index (χ0) is 18.8. The van der Waals surface area contributed by atoms with Gasteiger partial charge in [0.15, 0.2) is 5.78 Å². The minimum atomic E-state index is -0.521. The average molecular weight is 357 g/mol. The molecular weight excluding hydrogens is 334 g/mol. The zero-order valence-electron chi connectivity index (χ0n) is 15.5. The van der Waals surface area contributed by atoms with Crippen LogP contribution in [0.5, 0.6) is 11.5 Å². The van der Waals surface area contributed by atoms with Gasteiger partial charge in [-0.25, -0.2) is 4.79 Å². The largest absolute Gasteiger partial charge is 0.497 e. The van der Waals surface area contributed by atoms with Crippen LogP contribution in [0.15, 0.2) is 40.7 Å². The summed E-state index contributed by atoms with van der Waals surface area (Å²) in [7, 11) is 4.48. The van der Waals surface area contributed by atoms with Gasteiger partial charge in [0.1, 0.15) is 11.5 Å². The molecule has 0 saturated heterocycles. The van der Waals surface area contributed by atoms with Crippen LogP contribution >= 0.6 is 0 Å². The molecule has 6 nitrogen and oxygen atoms in total. The third kappa shape index (κ3) is 2.96. The number of dihydropyridines is 1. The molecule has 1 aromatic carbocycles. The predicted molar refractivity (Wildman–Crippen MR) is 96.0 cm³/mol. The zero-order valence-corrected chi connectivity index (χ0v) is 15.5. The Bertz CT molecular complexity index is 821. The lowest BCUT2D eigenvalue weighted by molar-refractivity contribution is -0.136. The van der Waals surface area contributed by atoms with Crippen LogP contribution in [0.3, 0.4) is 0 Å². The third-order valence-electron chi connectivity index (χ3n) is 4.93. The number of Topliss-reactive ketones (excluding diaryl/α,β-unsaturated/α-hetero) is 1. The fraction of sp³-hybridized carbons (Fsp3) is 0.400. The van der Waals surface area contributed by atoms with Crippen molar-refractivity contribution in [3.05, 3.63) is 46.3 Å². The topological polar surface area (TPSA) is 73.9 Å². The molecule has 6 heteroatoms. The molecule has 138 valence electrons. The summed E-state index contributed by atoms with van der Waals surface area (Å²) in [6.45, 7) is 1.83. The van der Waals surface area contributed by atoms with E-state index in [0.717, 1.165) is 24.1 Å². The minimum absolute atomic E-state index is 0.0514. The summed E-state index contributed by atoms with van der Waals surface area (Å²) in [4.78, 5) is 25.3. The summed E-state index contributed by atoms with van der Waals surface area (Å²) < 4.78 is 15.8. The summed E-state index contributed by atoms with van der Waals surface area (Å²) >= 11 is 0. The second kappa shape index (κ2) is 7.23. The molecule has 1 atom stereocenters. The van der Waals surface area contributed by atoms with E-state index in [1.807, 2.05) is 13.0 Å². The first-order valence-corrected chi connectivity index (χ1v) is 8.56. The second-order valence-electron chi connectivity index (χ2n) is 6.37. The molecule has 1 unspecified atom stereocenters. The summed E-state index contributed by atoms with van der Waals surface area (Å²) in [5, 5.41) is 3.25. The Morgan fingerprint density at radius 2 is 1.92 bits per heavy atom. The molecule has 0 spiro atoms. The quantitative estimate of drug-likeness (QED) is 0.836. The van der Waals surface area contributed by atoms with Gasteiger partial charge in [-0.05, 0) is 25.8 Å². The van der Waals surface area contributed by atoms with Crippen molar-refractivity contribution in [2.24, 2.45) is 0 Å². The molecule has 0 amide bonds. The van der Waals surface area contributed by atoms with Gasteiger partial charge < -0.3 is 19.5 Å². The number of esters is 1. The standard InChI is InChI=1S/C20H23NO5/c1-11-17(20(23)26-4)18(19-14(21-11)6-5-7-15(19)22)13-9-8-12(24-2)10-16(13)25-3/h8-10,18,21H,5-7H2,1-4H3. The van der Waals surface area contributed by atoms with Crippen molar-refractivity contribution in [1.29, 1.82) is 0 Å². The number of hydrogen-bond acceptors (Lipinski definition) is 6. The predicted octanol–water partition coefficient (Wildman–Crippen LogP) is 2.84. The van der Waals surface area contributed by atoms with Gasteiger partial charge in [0.25, 0.3) is 0 Å². The molecule has 3 rings (SSSR count). The Kier molecular flexibility index (Phi) is 5.02. The highest BCUT2D eigenvalue weighted by Crippen LogP contribution is 2.45. The van der Waals surface area contributed by atoms with Gasteiger partial charge in [-0.3, -0.25) is 4.79 Å². The fourth-order valence-corrected chi connectivity index (χ4v) is 3.73. The van der Waals surface area contributed by atoms with E-state index in [4.69, 9.17) is 14.2 Å². The van der Waals surface area contributed by atoms with Crippen LogP contribution in [0.2, 0.25) is 0 Å². The smallest absolute Gasteiger partial charge is 0.336 e. The van der Waals surface area contributed by atoms with Crippen molar-refractivity contribution in [3.63, 3.8) is 0 Å². The van der Waals surface area contributed by atoms with Gasteiger partial charge in [-0.2, -0.15) is 0 Å². The Morgan fingerprint density at radius 1 is 1.15 bits per heavy atom. The van der Waals surface area contributed by atoms with Crippen molar-refractivity contribution in [1.82, 2.24) is 5.32 Å². The normalized spacial score (nSPS) is 19.7. The van der Waals surface area contributed by atoms with E-state index < -0.39 is 11.9 Å². The lowest BCUT2D eigenvalue weighted by Gasteiger charge is -2.34. The molecular formula is C20H23NO5. The van der Waals surface area contributed by atoms with Crippen molar-refractivity contribution in [3.8, 4) is 11.5 Å². The van der Waals surface area contributed by atoms with Crippen molar-refractivity contribution < 1.29 is 23.8 Å². The second-order valence-corrected chi connectivity index (χ2v) is 6.37. The SMILES string of the molecule is COC(=O)C1=C(C)NC2=C(C(=O)CCC2)C1c1ccc(OC)cc1OC. The number of allylic oxidation sites excluding steroid dienone is 3. The molecule has 0 radical (unpaired) electrons. The van der Waals surface area contributed by atoms with Gasteiger partial charge in [0.05, 0.1) is 32.8 Å². The van der Waals surface area contributed by atoms with Gasteiger partial charge in [-0.15, -0.1) is 0 Å². The van der Waals surface area contributed by atoms with E-state index in [0.29, 0.717) is 34.8 Å². The minimum Gasteiger partial charge on any atom is -0.497 e. The number of benzene rings is 1. The van der Waals surface area contributed by atoms with E-state index in [1.165, 1.54) is 7.11 Å². The Hall–Kier alpha value is -2.76. The number of carbonyl (C=O) groups is 2. The van der Waals surface area contributed by atoms with E-state index >= 15 is 0 Å². The van der Waals surface area contributed by atoms with Gasteiger partial charge in [-0.1, -0.05) is 6.07 Å². The molecule has 0 saturated carbocycles. The maximum atomic E-state index is 12.8. The molecule has 26 heavy (non-hydrogen) atoms. The molecule has 0 fully saturated rings. The van der Waals surface area contributed by atoms with Gasteiger partial charge in [0, 0.05) is 35.0 Å². The molecule has 1 aliphatic carbocycles. The number of ketones is 1. The molecule has 1 heterocycles. The summed E-state index contributed by atoms with van der Waals surface area (Å²) in [5.74, 6) is 0.283. The first-order valence-electron chi connectivity index (χ1n) is 8.56. The number of methoxy groups -OCH3 is 3. The average Bonchev–Trinajstić information content (AvgIpc) is 2.66. The van der Waals surface area contributed by atoms with E-state index in [1.54, 1.807) is 26.4 Å². The van der Waals surface area contributed by atoms with Crippen molar-refractivity contribution in [2.75, 3.05) is 21.3 Å². The summed E-state index contributed by atoms with van der Waals surface area (Å²) in [6, 6.07) is 5.41. The van der Waals surface area contributed by atoms with Crippen molar-refractivity contribution in [2.45, 2.75) is 32.1 Å². The molecule has 1 aromatic rings. The number of rotatable bonds is 4. The highest BCUT2D eigenvalue weighted by Gasteiger charge is 2.40. The number of nitrogens with one attached hydrogen (secondary N) is 1. The van der Waals surface area contributed by atoms with Crippen LogP contribution in [-0.2, 0) is 14.3 Å². The number of hydrogen-bond donors (Lipinski definition) is 1. The molecule has 1 aliphatic heterocycles. The summed E-state index contributed by atoms with van der Waals surface area (Å²) in [6.07, 6.45) is 2.06. The molecule has 0 bridgehead atoms. The van der Waals surface area contributed by atoms with E-state index in [2.05, 4.69) is 5.32 Å². The first-order chi connectivity index (χ1) is 12.5. The van der Waals surface area contributed by atoms with Crippen LogP contribution in [-0.4, -0.2) is 33.1 Å². The first kappa shape index (κ1) is 18.0. The van der Waals surface area contributed by atoms with Gasteiger partial charge >= 0.3 is 5.97 Å². The number of carbonyl (C=O) groups excluding carboxylic acids is 2. The third-order valence-corrected chi connectivity index (χ3v) is 4.93. The Morgan fingerprint density at radius 3 is 2.58 bits per heavy atom. The Labute approximate surface area is 152 Å². The van der Waals surface area contributed by atoms with E-state index in [9.17, 15) is 9.59 Å². The van der Waals surface area contributed by atoms with E-state index in [-0.39, 0.29) is 5.78 Å². The monoisotopic (exact) mass is 357 g/mol. The Balaban J connectivity index is 2.24.